The molecule has 1 aromatic carbocycles. The molecule has 106 valence electrons. The minimum atomic E-state index is -3.67. The second kappa shape index (κ2) is 6.08. The number of nitrogens with zero attached hydrogens (tertiary/aromatic N) is 2. The third-order valence-electron chi connectivity index (χ3n) is 2.87. The van der Waals surface area contributed by atoms with Crippen molar-refractivity contribution in [2.45, 2.75) is 24.4 Å². The van der Waals surface area contributed by atoms with Gasteiger partial charge in [-0.25, -0.2) is 13.6 Å². The van der Waals surface area contributed by atoms with Gasteiger partial charge in [0.15, 0.2) is 0 Å². The molecule has 3 N–H and O–H groups in total. The van der Waals surface area contributed by atoms with Gasteiger partial charge in [-0.2, -0.15) is 0 Å². The SMILES string of the molecule is CC(NCc1cccc(S(N)(=O)=O)c1)c1cnccn1. The molecule has 20 heavy (non-hydrogen) atoms. The molecule has 1 aromatic heterocycles. The summed E-state index contributed by atoms with van der Waals surface area (Å²) in [4.78, 5) is 8.33. The molecular weight excluding hydrogens is 276 g/mol. The van der Waals surface area contributed by atoms with Crippen LogP contribution in [0.15, 0.2) is 47.8 Å². The average Bonchev–Trinajstić information content (AvgIpc) is 2.45. The largest absolute Gasteiger partial charge is 0.305 e. The molecule has 0 amide bonds. The van der Waals surface area contributed by atoms with Gasteiger partial charge in [0, 0.05) is 31.2 Å². The van der Waals surface area contributed by atoms with Crippen LogP contribution in [0.5, 0.6) is 0 Å². The lowest BCUT2D eigenvalue weighted by atomic mass is 10.2. The van der Waals surface area contributed by atoms with Crippen molar-refractivity contribution in [1.82, 2.24) is 15.3 Å². The summed E-state index contributed by atoms with van der Waals surface area (Å²) >= 11 is 0. The van der Waals surface area contributed by atoms with Crippen molar-refractivity contribution in [3.05, 3.63) is 54.1 Å². The van der Waals surface area contributed by atoms with E-state index in [9.17, 15) is 8.42 Å². The van der Waals surface area contributed by atoms with E-state index in [1.54, 1.807) is 30.7 Å². The first-order chi connectivity index (χ1) is 9.47. The van der Waals surface area contributed by atoms with Crippen molar-refractivity contribution in [2.75, 3.05) is 0 Å². The fourth-order valence-electron chi connectivity index (χ4n) is 1.74. The Morgan fingerprint density at radius 3 is 2.80 bits per heavy atom. The lowest BCUT2D eigenvalue weighted by Gasteiger charge is -2.13. The van der Waals surface area contributed by atoms with Gasteiger partial charge in [0.05, 0.1) is 10.6 Å². The molecule has 1 unspecified atom stereocenters. The molecule has 1 heterocycles. The van der Waals surface area contributed by atoms with Gasteiger partial charge in [-0.3, -0.25) is 9.97 Å². The third kappa shape index (κ3) is 3.83. The van der Waals surface area contributed by atoms with Gasteiger partial charge < -0.3 is 5.32 Å². The monoisotopic (exact) mass is 292 g/mol. The highest BCUT2D eigenvalue weighted by molar-refractivity contribution is 7.89. The number of sulfonamides is 1. The van der Waals surface area contributed by atoms with Gasteiger partial charge in [0.2, 0.25) is 10.0 Å². The van der Waals surface area contributed by atoms with Crippen LogP contribution in [0.4, 0.5) is 0 Å². The van der Waals surface area contributed by atoms with E-state index in [1.165, 1.54) is 6.07 Å². The Morgan fingerprint density at radius 1 is 1.35 bits per heavy atom. The van der Waals surface area contributed by atoms with Crippen LogP contribution in [-0.2, 0) is 16.6 Å². The third-order valence-corrected chi connectivity index (χ3v) is 3.78. The highest BCUT2D eigenvalue weighted by atomic mass is 32.2. The molecule has 0 aliphatic carbocycles. The number of aromatic nitrogens is 2. The highest BCUT2D eigenvalue weighted by Gasteiger charge is 2.09. The van der Waals surface area contributed by atoms with Crippen LogP contribution in [-0.4, -0.2) is 18.4 Å². The molecule has 0 radical (unpaired) electrons. The number of nitrogens with two attached hydrogens (primary N) is 1. The van der Waals surface area contributed by atoms with Gasteiger partial charge in [0.1, 0.15) is 0 Å². The molecule has 6 nitrogen and oxygen atoms in total. The number of hydrogen-bond acceptors (Lipinski definition) is 5. The summed E-state index contributed by atoms with van der Waals surface area (Å²) in [6.45, 7) is 2.48. The van der Waals surface area contributed by atoms with E-state index in [0.29, 0.717) is 6.54 Å². The maximum Gasteiger partial charge on any atom is 0.238 e. The Kier molecular flexibility index (Phi) is 4.43. The van der Waals surface area contributed by atoms with Crippen LogP contribution >= 0.6 is 0 Å². The summed E-state index contributed by atoms with van der Waals surface area (Å²) in [6, 6.07) is 6.56. The van der Waals surface area contributed by atoms with Gasteiger partial charge in [-0.15, -0.1) is 0 Å². The van der Waals surface area contributed by atoms with Crippen molar-refractivity contribution in [3.63, 3.8) is 0 Å². The van der Waals surface area contributed by atoms with E-state index < -0.39 is 10.0 Å². The maximum absolute atomic E-state index is 11.3. The first-order valence-corrected chi connectivity index (χ1v) is 7.62. The summed E-state index contributed by atoms with van der Waals surface area (Å²) in [7, 11) is -3.67. The molecule has 2 aromatic rings. The van der Waals surface area contributed by atoms with Crippen LogP contribution in [0.1, 0.15) is 24.2 Å². The fraction of sp³-hybridized carbons (Fsp3) is 0.231. The van der Waals surface area contributed by atoms with Crippen molar-refractivity contribution in [3.8, 4) is 0 Å². The standard InChI is InChI=1S/C13H16N4O2S/c1-10(13-9-15-5-6-16-13)17-8-11-3-2-4-12(7-11)20(14,18)19/h2-7,9-10,17H,8H2,1H3,(H2,14,18,19). The molecule has 7 heteroatoms. The zero-order valence-electron chi connectivity index (χ0n) is 11.0. The van der Waals surface area contributed by atoms with Crippen LogP contribution in [0.3, 0.4) is 0 Å². The lowest BCUT2D eigenvalue weighted by molar-refractivity contribution is 0.558. The minimum absolute atomic E-state index is 0.0156. The molecule has 1 atom stereocenters. The smallest absolute Gasteiger partial charge is 0.238 e. The topological polar surface area (TPSA) is 98.0 Å². The highest BCUT2D eigenvalue weighted by Crippen LogP contribution is 2.12. The van der Waals surface area contributed by atoms with Crippen molar-refractivity contribution >= 4 is 10.0 Å². The number of rotatable bonds is 5. The van der Waals surface area contributed by atoms with Gasteiger partial charge >= 0.3 is 0 Å². The van der Waals surface area contributed by atoms with Crippen LogP contribution < -0.4 is 10.5 Å². The molecule has 0 aliphatic rings. The van der Waals surface area contributed by atoms with Crippen molar-refractivity contribution in [1.29, 1.82) is 0 Å². The summed E-state index contributed by atoms with van der Waals surface area (Å²) < 4.78 is 22.6. The Bertz CT molecular complexity index is 674. The van der Waals surface area contributed by atoms with Gasteiger partial charge in [0.25, 0.3) is 0 Å². The zero-order valence-corrected chi connectivity index (χ0v) is 11.8. The Morgan fingerprint density at radius 2 is 2.15 bits per heavy atom. The van der Waals surface area contributed by atoms with E-state index in [1.807, 2.05) is 13.0 Å². The normalized spacial score (nSPS) is 13.1. The number of hydrogen-bond donors (Lipinski definition) is 2. The predicted molar refractivity (Wildman–Crippen MR) is 75.1 cm³/mol. The van der Waals surface area contributed by atoms with Crippen molar-refractivity contribution in [2.24, 2.45) is 5.14 Å². The minimum Gasteiger partial charge on any atom is -0.305 e. The molecule has 0 saturated heterocycles. The van der Waals surface area contributed by atoms with Crippen LogP contribution in [0.2, 0.25) is 0 Å². The molecule has 0 bridgehead atoms. The summed E-state index contributed by atoms with van der Waals surface area (Å²) in [5.41, 5.74) is 1.67. The Hall–Kier alpha value is -1.83. The quantitative estimate of drug-likeness (QED) is 0.856. The van der Waals surface area contributed by atoms with E-state index in [0.717, 1.165) is 11.3 Å². The van der Waals surface area contributed by atoms with Gasteiger partial charge in [-0.05, 0) is 24.6 Å². The Balaban J connectivity index is 2.05. The Labute approximate surface area is 118 Å². The van der Waals surface area contributed by atoms with Gasteiger partial charge in [-0.1, -0.05) is 12.1 Å². The molecular formula is C13H16N4O2S. The number of primary sulfonamides is 1. The van der Waals surface area contributed by atoms with Crippen LogP contribution in [0.25, 0.3) is 0 Å². The molecule has 0 fully saturated rings. The summed E-state index contributed by atoms with van der Waals surface area (Å²) in [5.74, 6) is 0. The summed E-state index contributed by atoms with van der Waals surface area (Å²) in [6.07, 6.45) is 4.94. The van der Waals surface area contributed by atoms with E-state index in [4.69, 9.17) is 5.14 Å². The average molecular weight is 292 g/mol. The summed E-state index contributed by atoms with van der Waals surface area (Å²) in [5, 5.41) is 8.36. The first-order valence-electron chi connectivity index (χ1n) is 6.08. The predicted octanol–water partition coefficient (Wildman–Crippen LogP) is 0.975. The molecule has 2 rings (SSSR count). The lowest BCUT2D eigenvalue weighted by Crippen LogP contribution is -2.19. The first kappa shape index (κ1) is 14.6. The fourth-order valence-corrected chi connectivity index (χ4v) is 2.33. The molecule has 0 aliphatic heterocycles. The maximum atomic E-state index is 11.3. The number of nitrogens with one attached hydrogen (secondary N) is 1. The van der Waals surface area contributed by atoms with E-state index in [-0.39, 0.29) is 10.9 Å². The van der Waals surface area contributed by atoms with Crippen molar-refractivity contribution < 1.29 is 8.42 Å². The second-order valence-electron chi connectivity index (χ2n) is 4.43. The zero-order chi connectivity index (χ0) is 14.6. The van der Waals surface area contributed by atoms with Crippen LogP contribution in [0, 0.1) is 0 Å². The second-order valence-corrected chi connectivity index (χ2v) is 5.99. The molecule has 0 spiro atoms. The van der Waals surface area contributed by atoms with E-state index >= 15 is 0 Å². The number of benzene rings is 1. The molecule has 0 saturated carbocycles. The van der Waals surface area contributed by atoms with E-state index in [2.05, 4.69) is 15.3 Å².